The summed E-state index contributed by atoms with van der Waals surface area (Å²) >= 11 is 0. The van der Waals surface area contributed by atoms with Gasteiger partial charge in [0.1, 0.15) is 0 Å². The molecule has 0 saturated heterocycles. The van der Waals surface area contributed by atoms with E-state index in [9.17, 15) is 10.2 Å². The molecule has 0 unspecified atom stereocenters. The lowest BCUT2D eigenvalue weighted by Crippen LogP contribution is -2.55. The first kappa shape index (κ1) is 26.7. The highest BCUT2D eigenvalue weighted by molar-refractivity contribution is 5.38. The Bertz CT molecular complexity index is 791. The van der Waals surface area contributed by atoms with E-state index < -0.39 is 5.60 Å². The van der Waals surface area contributed by atoms with E-state index in [1.165, 1.54) is 51.4 Å². The van der Waals surface area contributed by atoms with Crippen molar-refractivity contribution in [2.45, 2.75) is 151 Å². The maximum Gasteiger partial charge on any atom is 0.0642 e. The summed E-state index contributed by atoms with van der Waals surface area (Å²) in [5.41, 5.74) is 4.30. The molecular weight excluding hydrogens is 416 g/mol. The normalized spacial score (nSPS) is 42.7. The zero-order valence-corrected chi connectivity index (χ0v) is 23.9. The van der Waals surface area contributed by atoms with Gasteiger partial charge in [0, 0.05) is 0 Å². The van der Waals surface area contributed by atoms with Crippen molar-refractivity contribution in [3.63, 3.8) is 0 Å². The third kappa shape index (κ3) is 3.79. The minimum Gasteiger partial charge on any atom is -0.393 e. The van der Waals surface area contributed by atoms with Crippen LogP contribution in [0.5, 0.6) is 0 Å². The van der Waals surface area contributed by atoms with Gasteiger partial charge in [-0.25, -0.2) is 0 Å². The van der Waals surface area contributed by atoms with Crippen LogP contribution >= 0.6 is 0 Å². The summed E-state index contributed by atoms with van der Waals surface area (Å²) in [6.07, 6.45) is 15.0. The molecule has 0 bridgehead atoms. The average Bonchev–Trinajstić information content (AvgIpc) is 3.08. The molecule has 2 nitrogen and oxygen atoms in total. The second-order valence-corrected chi connectivity index (χ2v) is 14.5. The Hall–Kier alpha value is -0.340. The molecule has 0 amide bonds. The quantitative estimate of drug-likeness (QED) is 0.365. The first-order valence-electron chi connectivity index (χ1n) is 14.9. The highest BCUT2D eigenvalue weighted by atomic mass is 16.3. The lowest BCUT2D eigenvalue weighted by Gasteiger charge is -2.62. The lowest BCUT2D eigenvalue weighted by molar-refractivity contribution is -0.0962. The van der Waals surface area contributed by atoms with Crippen LogP contribution in [0.3, 0.4) is 0 Å². The highest BCUT2D eigenvalue weighted by Gasteiger charge is 2.63. The lowest BCUT2D eigenvalue weighted by atomic mass is 9.43. The Kier molecular flexibility index (Phi) is 6.99. The van der Waals surface area contributed by atoms with Crippen molar-refractivity contribution in [1.82, 2.24) is 0 Å². The maximum atomic E-state index is 10.8. The van der Waals surface area contributed by atoms with Gasteiger partial charge in [-0.3, -0.25) is 0 Å². The van der Waals surface area contributed by atoms with Crippen LogP contribution < -0.4 is 0 Å². The molecule has 7 atom stereocenters. The summed E-state index contributed by atoms with van der Waals surface area (Å²) in [4.78, 5) is 0. The molecule has 2 saturated carbocycles. The Labute approximate surface area is 211 Å². The summed E-state index contributed by atoms with van der Waals surface area (Å²) in [6, 6.07) is 0. The second kappa shape index (κ2) is 8.90. The highest BCUT2D eigenvalue weighted by Crippen LogP contribution is 2.72. The average molecular weight is 473 g/mol. The number of hydrogen-bond acceptors (Lipinski definition) is 2. The third-order valence-electron chi connectivity index (χ3n) is 13.1. The topological polar surface area (TPSA) is 40.5 Å². The van der Waals surface area contributed by atoms with E-state index in [0.717, 1.165) is 43.9 Å². The SMILES string of the molecule is CCC(O)(CC)CCC[C@@H](C)[C@H]1CC[C@@]2(C)C3=C(CC[C@]12C)[C@@]1(C)CC[C@H](O)C(C)(C)[C@@H]1CC3. The van der Waals surface area contributed by atoms with E-state index in [2.05, 4.69) is 55.4 Å². The van der Waals surface area contributed by atoms with Gasteiger partial charge in [-0.1, -0.05) is 79.4 Å². The Morgan fingerprint density at radius 3 is 2.24 bits per heavy atom. The molecule has 4 aliphatic carbocycles. The molecule has 0 spiro atoms. The van der Waals surface area contributed by atoms with Gasteiger partial charge in [-0.05, 0) is 110 Å². The van der Waals surface area contributed by atoms with Crippen molar-refractivity contribution < 1.29 is 10.2 Å². The van der Waals surface area contributed by atoms with E-state index in [0.29, 0.717) is 16.7 Å². The molecule has 0 aromatic carbocycles. The zero-order chi connectivity index (χ0) is 25.2. The van der Waals surface area contributed by atoms with Crippen molar-refractivity contribution in [3.8, 4) is 0 Å². The third-order valence-corrected chi connectivity index (χ3v) is 13.1. The van der Waals surface area contributed by atoms with Gasteiger partial charge in [-0.2, -0.15) is 0 Å². The summed E-state index contributed by atoms with van der Waals surface area (Å²) < 4.78 is 0. The van der Waals surface area contributed by atoms with Crippen LogP contribution in [-0.2, 0) is 0 Å². The van der Waals surface area contributed by atoms with Gasteiger partial charge in [0.05, 0.1) is 11.7 Å². The molecule has 2 fully saturated rings. The van der Waals surface area contributed by atoms with Crippen LogP contribution in [0.4, 0.5) is 0 Å². The second-order valence-electron chi connectivity index (χ2n) is 14.5. The van der Waals surface area contributed by atoms with Crippen LogP contribution in [-0.4, -0.2) is 21.9 Å². The van der Waals surface area contributed by atoms with Crippen LogP contribution in [0, 0.1) is 39.4 Å². The molecule has 0 aliphatic heterocycles. The fourth-order valence-electron chi connectivity index (χ4n) is 10.2. The zero-order valence-electron chi connectivity index (χ0n) is 23.9. The number of rotatable bonds is 7. The van der Waals surface area contributed by atoms with Gasteiger partial charge >= 0.3 is 0 Å². The molecule has 2 N–H and O–H groups in total. The van der Waals surface area contributed by atoms with Crippen molar-refractivity contribution in [2.24, 2.45) is 39.4 Å². The minimum atomic E-state index is -0.451. The van der Waals surface area contributed by atoms with E-state index in [4.69, 9.17) is 0 Å². The predicted octanol–water partition coefficient (Wildman–Crippen LogP) is 8.45. The van der Waals surface area contributed by atoms with Gasteiger partial charge in [0.25, 0.3) is 0 Å². The monoisotopic (exact) mass is 472 g/mol. The molecule has 4 aliphatic rings. The van der Waals surface area contributed by atoms with Crippen molar-refractivity contribution in [3.05, 3.63) is 11.1 Å². The molecule has 34 heavy (non-hydrogen) atoms. The van der Waals surface area contributed by atoms with Crippen LogP contribution in [0.1, 0.15) is 139 Å². The van der Waals surface area contributed by atoms with Gasteiger partial charge in [0.15, 0.2) is 0 Å². The number of aliphatic hydroxyl groups excluding tert-OH is 1. The molecule has 0 aromatic rings. The largest absolute Gasteiger partial charge is 0.393 e. The molecule has 196 valence electrons. The van der Waals surface area contributed by atoms with Gasteiger partial charge in [0.2, 0.25) is 0 Å². The van der Waals surface area contributed by atoms with E-state index >= 15 is 0 Å². The molecule has 0 heterocycles. The summed E-state index contributed by atoms with van der Waals surface area (Å²) in [5, 5.41) is 21.6. The summed E-state index contributed by atoms with van der Waals surface area (Å²) in [7, 11) is 0. The summed E-state index contributed by atoms with van der Waals surface area (Å²) in [6.45, 7) is 19.3. The number of fused-ring (bicyclic) bond motifs is 4. The van der Waals surface area contributed by atoms with Gasteiger partial charge < -0.3 is 10.2 Å². The summed E-state index contributed by atoms with van der Waals surface area (Å²) in [5.74, 6) is 2.16. The maximum absolute atomic E-state index is 10.8. The molecule has 0 aromatic heterocycles. The van der Waals surface area contributed by atoms with Crippen LogP contribution in [0.25, 0.3) is 0 Å². The smallest absolute Gasteiger partial charge is 0.0642 e. The Morgan fingerprint density at radius 2 is 1.59 bits per heavy atom. The Morgan fingerprint density at radius 1 is 0.912 bits per heavy atom. The molecule has 2 heteroatoms. The van der Waals surface area contributed by atoms with E-state index in [1.54, 1.807) is 0 Å². The minimum absolute atomic E-state index is 0.0266. The fourth-order valence-corrected chi connectivity index (χ4v) is 10.2. The Balaban J connectivity index is 1.56. The van der Waals surface area contributed by atoms with E-state index in [1.807, 2.05) is 11.1 Å². The molecule has 0 radical (unpaired) electrons. The van der Waals surface area contributed by atoms with Crippen LogP contribution in [0.2, 0.25) is 0 Å². The fraction of sp³-hybridized carbons (Fsp3) is 0.938. The standard InChI is InChI=1S/C32H56O2/c1-9-32(34,10-2)18-11-12-22(3)23-15-20-31(8)25-13-14-26-28(4,5)27(33)17-19-29(26,6)24(25)16-21-30(23,31)7/h22-23,26-27,33-34H,9-21H2,1-8H3/t22-,23-,26+,27+,29-,30-,31+/m1/s1. The van der Waals surface area contributed by atoms with Crippen molar-refractivity contribution in [1.29, 1.82) is 0 Å². The van der Waals surface area contributed by atoms with Crippen LogP contribution in [0.15, 0.2) is 11.1 Å². The van der Waals surface area contributed by atoms with E-state index in [-0.39, 0.29) is 16.9 Å². The number of hydrogen-bond donors (Lipinski definition) is 2. The first-order valence-corrected chi connectivity index (χ1v) is 14.9. The first-order chi connectivity index (χ1) is 15.8. The molecule has 4 rings (SSSR count). The predicted molar refractivity (Wildman–Crippen MR) is 144 cm³/mol. The van der Waals surface area contributed by atoms with Crippen molar-refractivity contribution >= 4 is 0 Å². The van der Waals surface area contributed by atoms with Gasteiger partial charge in [-0.15, -0.1) is 0 Å². The van der Waals surface area contributed by atoms with Crippen molar-refractivity contribution in [2.75, 3.05) is 0 Å². The number of aliphatic hydroxyl groups is 2. The number of allylic oxidation sites excluding steroid dienone is 2. The molecular formula is C32H56O2.